The number of aliphatic carboxylic acids is 1. The molecular formula is C20H29N3O4. The molecule has 7 nitrogen and oxygen atoms in total. The quantitative estimate of drug-likeness (QED) is 0.484. The van der Waals surface area contributed by atoms with Crippen LogP contribution in [0.3, 0.4) is 0 Å². The molecular weight excluding hydrogens is 346 g/mol. The van der Waals surface area contributed by atoms with Gasteiger partial charge in [0.15, 0.2) is 0 Å². The van der Waals surface area contributed by atoms with Crippen molar-refractivity contribution in [1.82, 2.24) is 15.8 Å². The highest BCUT2D eigenvalue weighted by atomic mass is 16.5. The molecule has 0 aliphatic carbocycles. The maximum absolute atomic E-state index is 11.2. The van der Waals surface area contributed by atoms with E-state index in [1.54, 1.807) is 6.20 Å². The zero-order valence-electron chi connectivity index (χ0n) is 15.7. The van der Waals surface area contributed by atoms with Crippen LogP contribution in [0.4, 0.5) is 0 Å². The number of ether oxygens (including phenoxy) is 2. The minimum absolute atomic E-state index is 0.376. The van der Waals surface area contributed by atoms with E-state index in [0.717, 1.165) is 68.6 Å². The van der Waals surface area contributed by atoms with Gasteiger partial charge in [0, 0.05) is 6.54 Å². The highest BCUT2D eigenvalue weighted by molar-refractivity contribution is 5.75. The number of carboxylic acid groups (broad SMARTS) is 1. The molecule has 1 saturated heterocycles. The topological polar surface area (TPSA) is 92.7 Å². The van der Waals surface area contributed by atoms with Crippen LogP contribution in [0, 0.1) is 5.41 Å². The number of rotatable bonds is 12. The largest absolute Gasteiger partial charge is 0.492 e. The second-order valence-electron chi connectivity index (χ2n) is 7.30. The summed E-state index contributed by atoms with van der Waals surface area (Å²) in [5, 5.41) is 9.24. The highest BCUT2D eigenvalue weighted by Gasteiger charge is 2.45. The Bertz CT molecular complexity index is 641. The first-order chi connectivity index (χ1) is 13.2. The molecule has 7 heteroatoms. The lowest BCUT2D eigenvalue weighted by molar-refractivity contribution is -0.181. The lowest BCUT2D eigenvalue weighted by Gasteiger charge is -2.37. The van der Waals surface area contributed by atoms with Gasteiger partial charge in [0.1, 0.15) is 11.2 Å². The van der Waals surface area contributed by atoms with E-state index in [1.165, 1.54) is 0 Å². The van der Waals surface area contributed by atoms with E-state index >= 15 is 0 Å². The van der Waals surface area contributed by atoms with Crippen LogP contribution in [0.1, 0.15) is 50.6 Å². The van der Waals surface area contributed by atoms with E-state index in [4.69, 9.17) is 9.47 Å². The molecule has 0 unspecified atom stereocenters. The fraction of sp³-hybridized carbons (Fsp3) is 0.600. The molecule has 3 rings (SSSR count). The summed E-state index contributed by atoms with van der Waals surface area (Å²) in [7, 11) is 0. The number of unbranched alkanes of at least 4 members (excludes halogenated alkanes) is 5. The lowest BCUT2D eigenvalue weighted by atomic mass is 9.81. The van der Waals surface area contributed by atoms with Crippen molar-refractivity contribution < 1.29 is 19.4 Å². The number of nitrogens with zero attached hydrogens (tertiary/aromatic N) is 1. The minimum Gasteiger partial charge on any atom is -0.492 e. The Hall–Kier alpha value is -2.12. The molecule has 148 valence electrons. The van der Waals surface area contributed by atoms with E-state index in [9.17, 15) is 9.90 Å². The van der Waals surface area contributed by atoms with Crippen molar-refractivity contribution in [1.29, 1.82) is 0 Å². The Morgan fingerprint density at radius 1 is 1.19 bits per heavy atom. The van der Waals surface area contributed by atoms with Crippen LogP contribution in [-0.4, -0.2) is 42.4 Å². The molecule has 0 radical (unpaired) electrons. The van der Waals surface area contributed by atoms with Gasteiger partial charge in [-0.3, -0.25) is 9.78 Å². The molecule has 0 saturated carbocycles. The number of aromatic nitrogens is 1. The molecule has 0 atom stereocenters. The summed E-state index contributed by atoms with van der Waals surface area (Å²) in [6.45, 7) is 2.26. The first kappa shape index (κ1) is 19.6. The number of hydrogen-bond donors (Lipinski definition) is 3. The average molecular weight is 375 g/mol. The molecule has 0 aromatic carbocycles. The van der Waals surface area contributed by atoms with Crippen LogP contribution in [0.25, 0.3) is 5.70 Å². The molecule has 1 aromatic heterocycles. The summed E-state index contributed by atoms with van der Waals surface area (Å²) < 4.78 is 10.8. The van der Waals surface area contributed by atoms with Gasteiger partial charge in [-0.25, -0.2) is 5.43 Å². The van der Waals surface area contributed by atoms with Gasteiger partial charge in [-0.2, -0.15) is 0 Å². The lowest BCUT2D eigenvalue weighted by Crippen LogP contribution is -2.48. The maximum atomic E-state index is 11.2. The van der Waals surface area contributed by atoms with Crippen molar-refractivity contribution in [3.8, 4) is 5.75 Å². The third-order valence-electron chi connectivity index (χ3n) is 5.17. The Labute approximate surface area is 160 Å². The molecule has 3 N–H and O–H groups in total. The standard InChI is InChI=1S/C20H29N3O4/c24-19(25)20(14-26-15-20)10-5-3-1-2-4-6-12-27-16-7-8-17(21-13-16)18-9-11-22-23-18/h7-9,13,22-23H,1-6,10-12,14-15H2,(H,24,25). The molecule has 27 heavy (non-hydrogen) atoms. The van der Waals surface area contributed by atoms with Crippen LogP contribution in [-0.2, 0) is 9.53 Å². The van der Waals surface area contributed by atoms with Crippen molar-refractivity contribution in [2.75, 3.05) is 26.4 Å². The number of pyridine rings is 1. The van der Waals surface area contributed by atoms with Crippen molar-refractivity contribution >= 4 is 11.7 Å². The smallest absolute Gasteiger partial charge is 0.314 e. The first-order valence-electron chi connectivity index (χ1n) is 9.79. The van der Waals surface area contributed by atoms with Gasteiger partial charge in [0.25, 0.3) is 0 Å². The normalized spacial score (nSPS) is 17.7. The zero-order chi connectivity index (χ0) is 19.0. The van der Waals surface area contributed by atoms with Gasteiger partial charge in [0.05, 0.1) is 37.4 Å². The molecule has 2 aliphatic heterocycles. The van der Waals surface area contributed by atoms with Gasteiger partial charge < -0.3 is 20.0 Å². The van der Waals surface area contributed by atoms with E-state index < -0.39 is 11.4 Å². The van der Waals surface area contributed by atoms with Crippen LogP contribution in [0.2, 0.25) is 0 Å². The third kappa shape index (κ3) is 5.43. The summed E-state index contributed by atoms with van der Waals surface area (Å²) in [6, 6.07) is 3.91. The Balaban J connectivity index is 1.20. The number of carbonyl (C=O) groups is 1. The summed E-state index contributed by atoms with van der Waals surface area (Å²) in [4.78, 5) is 15.6. The first-order valence-corrected chi connectivity index (χ1v) is 9.79. The van der Waals surface area contributed by atoms with Gasteiger partial charge >= 0.3 is 5.97 Å². The summed E-state index contributed by atoms with van der Waals surface area (Å²) in [5.74, 6) is 0.0910. The number of carboxylic acids is 1. The number of nitrogens with one attached hydrogen (secondary N) is 2. The van der Waals surface area contributed by atoms with Gasteiger partial charge in [0.2, 0.25) is 0 Å². The summed E-state index contributed by atoms with van der Waals surface area (Å²) >= 11 is 0. The summed E-state index contributed by atoms with van der Waals surface area (Å²) in [6.07, 6.45) is 11.0. The van der Waals surface area contributed by atoms with E-state index in [1.807, 2.05) is 12.1 Å². The van der Waals surface area contributed by atoms with Crippen molar-refractivity contribution in [3.05, 3.63) is 30.1 Å². The minimum atomic E-state index is -0.707. The second-order valence-corrected chi connectivity index (χ2v) is 7.30. The molecule has 0 spiro atoms. The van der Waals surface area contributed by atoms with Crippen molar-refractivity contribution in [2.24, 2.45) is 5.41 Å². The highest BCUT2D eigenvalue weighted by Crippen LogP contribution is 2.33. The molecule has 0 bridgehead atoms. The van der Waals surface area contributed by atoms with Gasteiger partial charge in [-0.05, 0) is 31.1 Å². The van der Waals surface area contributed by atoms with Crippen LogP contribution in [0.5, 0.6) is 5.75 Å². The predicted molar refractivity (Wildman–Crippen MR) is 102 cm³/mol. The number of hydrogen-bond acceptors (Lipinski definition) is 6. The number of hydrazine groups is 1. The average Bonchev–Trinajstić information content (AvgIpc) is 3.17. The maximum Gasteiger partial charge on any atom is 0.314 e. The molecule has 1 aromatic rings. The molecule has 2 aliphatic rings. The fourth-order valence-corrected chi connectivity index (χ4v) is 3.33. The Morgan fingerprint density at radius 3 is 2.56 bits per heavy atom. The van der Waals surface area contributed by atoms with Crippen molar-refractivity contribution in [3.63, 3.8) is 0 Å². The van der Waals surface area contributed by atoms with E-state index in [2.05, 4.69) is 21.9 Å². The molecule has 3 heterocycles. The van der Waals surface area contributed by atoms with Crippen molar-refractivity contribution in [2.45, 2.75) is 44.9 Å². The second kappa shape index (κ2) is 9.71. The predicted octanol–water partition coefficient (Wildman–Crippen LogP) is 2.74. The SMILES string of the molecule is O=C(O)C1(CCCCCCCCOc2ccc(C3=CCNN3)nc2)COC1. The van der Waals surface area contributed by atoms with Crippen LogP contribution in [0.15, 0.2) is 24.4 Å². The zero-order valence-corrected chi connectivity index (χ0v) is 15.7. The van der Waals surface area contributed by atoms with Gasteiger partial charge in [-0.1, -0.05) is 32.1 Å². The van der Waals surface area contributed by atoms with Crippen LogP contribution >= 0.6 is 0 Å². The van der Waals surface area contributed by atoms with Gasteiger partial charge in [-0.15, -0.1) is 0 Å². The fourth-order valence-electron chi connectivity index (χ4n) is 3.33. The van der Waals surface area contributed by atoms with Crippen LogP contribution < -0.4 is 15.6 Å². The third-order valence-corrected chi connectivity index (χ3v) is 5.17. The van der Waals surface area contributed by atoms with E-state index in [-0.39, 0.29) is 0 Å². The molecule has 0 amide bonds. The summed E-state index contributed by atoms with van der Waals surface area (Å²) in [5.41, 5.74) is 7.40. The monoisotopic (exact) mass is 375 g/mol. The Morgan fingerprint density at radius 2 is 1.96 bits per heavy atom. The molecule has 1 fully saturated rings. The Kier molecular flexibility index (Phi) is 7.06. The van der Waals surface area contributed by atoms with E-state index in [0.29, 0.717) is 19.8 Å².